The average molecular weight is 353 g/mol. The van der Waals surface area contributed by atoms with Crippen LogP contribution < -0.4 is 4.72 Å². The number of nitrogens with one attached hydrogen (secondary N) is 1. The minimum atomic E-state index is -3.50. The first kappa shape index (κ1) is 18.0. The van der Waals surface area contributed by atoms with Crippen molar-refractivity contribution in [2.24, 2.45) is 0 Å². The van der Waals surface area contributed by atoms with E-state index in [1.54, 1.807) is 37.3 Å². The Morgan fingerprint density at radius 2 is 1.87 bits per heavy atom. The maximum absolute atomic E-state index is 13.5. The van der Waals surface area contributed by atoms with Crippen molar-refractivity contribution in [3.63, 3.8) is 0 Å². The van der Waals surface area contributed by atoms with Gasteiger partial charge in [-0.15, -0.1) is 0 Å². The van der Waals surface area contributed by atoms with Gasteiger partial charge in [0.15, 0.2) is 0 Å². The van der Waals surface area contributed by atoms with Gasteiger partial charge in [0.05, 0.1) is 4.90 Å². The first-order chi connectivity index (χ1) is 10.9. The van der Waals surface area contributed by atoms with Gasteiger partial charge >= 0.3 is 0 Å². The molecule has 0 heterocycles. The van der Waals surface area contributed by atoms with Crippen molar-refractivity contribution < 1.29 is 12.8 Å². The molecule has 0 aliphatic rings. The van der Waals surface area contributed by atoms with Crippen molar-refractivity contribution in [1.82, 2.24) is 4.72 Å². The summed E-state index contributed by atoms with van der Waals surface area (Å²) in [5.41, 5.74) is 2.40. The fourth-order valence-corrected chi connectivity index (χ4v) is 4.45. The maximum Gasteiger partial charge on any atom is 0.240 e. The number of aryl methyl sites for hydroxylation is 2. The van der Waals surface area contributed by atoms with E-state index in [0.29, 0.717) is 28.5 Å². The molecule has 6 heteroatoms. The third-order valence-electron chi connectivity index (χ3n) is 3.37. The number of thioether (sulfide) groups is 1. The molecule has 0 bridgehead atoms. The lowest BCUT2D eigenvalue weighted by Crippen LogP contribution is -2.26. The van der Waals surface area contributed by atoms with Crippen LogP contribution in [0.4, 0.5) is 4.39 Å². The molecule has 2 rings (SSSR count). The molecule has 0 radical (unpaired) electrons. The van der Waals surface area contributed by atoms with Gasteiger partial charge in [0.25, 0.3) is 0 Å². The molecule has 0 saturated carbocycles. The second-order valence-electron chi connectivity index (χ2n) is 5.31. The third kappa shape index (κ3) is 5.06. The summed E-state index contributed by atoms with van der Waals surface area (Å²) < 4.78 is 40.6. The lowest BCUT2D eigenvalue weighted by atomic mass is 10.2. The molecule has 0 amide bonds. The van der Waals surface area contributed by atoms with Crippen LogP contribution in [0.25, 0.3) is 0 Å². The zero-order valence-corrected chi connectivity index (χ0v) is 14.8. The van der Waals surface area contributed by atoms with E-state index in [1.807, 2.05) is 13.0 Å². The number of hydrogen-bond acceptors (Lipinski definition) is 3. The molecule has 0 unspecified atom stereocenters. The molecule has 0 fully saturated rings. The van der Waals surface area contributed by atoms with Crippen LogP contribution >= 0.6 is 11.8 Å². The summed E-state index contributed by atoms with van der Waals surface area (Å²) in [6.45, 7) is 4.03. The van der Waals surface area contributed by atoms with Crippen molar-refractivity contribution >= 4 is 21.8 Å². The van der Waals surface area contributed by atoms with Gasteiger partial charge in [-0.3, -0.25) is 0 Å². The lowest BCUT2D eigenvalue weighted by Gasteiger charge is -2.10. The van der Waals surface area contributed by atoms with Gasteiger partial charge in [0.2, 0.25) is 10.0 Å². The first-order valence-electron chi connectivity index (χ1n) is 7.28. The van der Waals surface area contributed by atoms with E-state index >= 15 is 0 Å². The smallest absolute Gasteiger partial charge is 0.210 e. The molecular formula is C17H20FNO2S2. The Kier molecular flexibility index (Phi) is 6.21. The van der Waals surface area contributed by atoms with Crippen LogP contribution in [0.2, 0.25) is 0 Å². The minimum Gasteiger partial charge on any atom is -0.210 e. The summed E-state index contributed by atoms with van der Waals surface area (Å²) in [5, 5.41) is 0. The highest BCUT2D eigenvalue weighted by atomic mass is 32.2. The Bertz CT molecular complexity index is 776. The number of benzene rings is 2. The Morgan fingerprint density at radius 1 is 1.13 bits per heavy atom. The van der Waals surface area contributed by atoms with Gasteiger partial charge < -0.3 is 0 Å². The zero-order valence-electron chi connectivity index (χ0n) is 13.2. The number of halogens is 1. The van der Waals surface area contributed by atoms with Gasteiger partial charge in [-0.25, -0.2) is 17.5 Å². The first-order valence-corrected chi connectivity index (χ1v) is 9.92. The Labute approximate surface area is 141 Å². The van der Waals surface area contributed by atoms with Gasteiger partial charge in [0, 0.05) is 18.1 Å². The standard InChI is InChI=1S/C17H20FNO2S2/c1-13-7-8-17(14(2)11-13)23(20,21)19-9-10-22-12-15-5-3-4-6-16(15)18/h3-8,11,19H,9-10,12H2,1-2H3. The predicted octanol–water partition coefficient (Wildman–Crippen LogP) is 3.65. The second kappa shape index (κ2) is 7.95. The van der Waals surface area contributed by atoms with E-state index in [2.05, 4.69) is 4.72 Å². The summed E-state index contributed by atoms with van der Waals surface area (Å²) in [6.07, 6.45) is 0. The van der Waals surface area contributed by atoms with Crippen molar-refractivity contribution in [3.05, 3.63) is 65.0 Å². The predicted molar refractivity (Wildman–Crippen MR) is 93.7 cm³/mol. The normalized spacial score (nSPS) is 11.6. The van der Waals surface area contributed by atoms with E-state index in [0.717, 1.165) is 11.1 Å². The SMILES string of the molecule is Cc1ccc(S(=O)(=O)NCCSCc2ccccc2F)c(C)c1. The molecule has 2 aromatic rings. The number of hydrogen-bond donors (Lipinski definition) is 1. The number of rotatable bonds is 7. The largest absolute Gasteiger partial charge is 0.240 e. The molecule has 0 atom stereocenters. The van der Waals surface area contributed by atoms with Crippen LogP contribution in [0.15, 0.2) is 47.4 Å². The molecule has 0 spiro atoms. The Morgan fingerprint density at radius 3 is 2.57 bits per heavy atom. The average Bonchev–Trinajstić information content (AvgIpc) is 2.48. The maximum atomic E-state index is 13.5. The van der Waals surface area contributed by atoms with E-state index in [-0.39, 0.29) is 5.82 Å². The molecule has 124 valence electrons. The highest BCUT2D eigenvalue weighted by molar-refractivity contribution is 7.98. The van der Waals surface area contributed by atoms with E-state index < -0.39 is 10.0 Å². The molecule has 0 aromatic heterocycles. The molecule has 1 N–H and O–H groups in total. The monoisotopic (exact) mass is 353 g/mol. The second-order valence-corrected chi connectivity index (χ2v) is 8.15. The van der Waals surface area contributed by atoms with E-state index in [4.69, 9.17) is 0 Å². The van der Waals surface area contributed by atoms with Gasteiger partial charge in [-0.2, -0.15) is 11.8 Å². The van der Waals surface area contributed by atoms with Gasteiger partial charge in [-0.1, -0.05) is 35.9 Å². The van der Waals surface area contributed by atoms with Crippen LogP contribution in [-0.2, 0) is 15.8 Å². The molecule has 0 aliphatic heterocycles. The summed E-state index contributed by atoms with van der Waals surface area (Å²) >= 11 is 1.50. The van der Waals surface area contributed by atoms with Crippen LogP contribution in [0.3, 0.4) is 0 Å². The van der Waals surface area contributed by atoms with Crippen LogP contribution in [-0.4, -0.2) is 20.7 Å². The van der Waals surface area contributed by atoms with Crippen molar-refractivity contribution in [2.45, 2.75) is 24.5 Å². The van der Waals surface area contributed by atoms with E-state index in [1.165, 1.54) is 17.8 Å². The van der Waals surface area contributed by atoms with E-state index in [9.17, 15) is 12.8 Å². The fraction of sp³-hybridized carbons (Fsp3) is 0.294. The summed E-state index contributed by atoms with van der Waals surface area (Å²) in [4.78, 5) is 0.308. The minimum absolute atomic E-state index is 0.226. The molecule has 0 aliphatic carbocycles. The van der Waals surface area contributed by atoms with Crippen molar-refractivity contribution in [3.8, 4) is 0 Å². The van der Waals surface area contributed by atoms with Crippen LogP contribution in [0, 0.1) is 19.7 Å². The van der Waals surface area contributed by atoms with Crippen LogP contribution in [0.5, 0.6) is 0 Å². The quantitative estimate of drug-likeness (QED) is 0.773. The summed E-state index contributed by atoms with van der Waals surface area (Å²) in [6, 6.07) is 11.9. The number of sulfonamides is 1. The summed E-state index contributed by atoms with van der Waals surface area (Å²) in [7, 11) is -3.50. The van der Waals surface area contributed by atoms with Crippen LogP contribution in [0.1, 0.15) is 16.7 Å². The van der Waals surface area contributed by atoms with Gasteiger partial charge in [0.1, 0.15) is 5.82 Å². The fourth-order valence-electron chi connectivity index (χ4n) is 2.22. The molecule has 3 nitrogen and oxygen atoms in total. The Hall–Kier alpha value is -1.37. The summed E-state index contributed by atoms with van der Waals surface area (Å²) in [5.74, 6) is 0.882. The lowest BCUT2D eigenvalue weighted by molar-refractivity contribution is 0.583. The third-order valence-corrected chi connectivity index (χ3v) is 6.00. The highest BCUT2D eigenvalue weighted by Gasteiger charge is 2.15. The molecule has 2 aromatic carbocycles. The Balaban J connectivity index is 1.85. The molecular weight excluding hydrogens is 333 g/mol. The van der Waals surface area contributed by atoms with Gasteiger partial charge in [-0.05, 0) is 37.1 Å². The molecule has 23 heavy (non-hydrogen) atoms. The topological polar surface area (TPSA) is 46.2 Å². The van der Waals surface area contributed by atoms with Crippen molar-refractivity contribution in [1.29, 1.82) is 0 Å². The zero-order chi connectivity index (χ0) is 16.9. The highest BCUT2D eigenvalue weighted by Crippen LogP contribution is 2.17. The molecule has 0 saturated heterocycles. The van der Waals surface area contributed by atoms with Crippen molar-refractivity contribution in [2.75, 3.05) is 12.3 Å².